The summed E-state index contributed by atoms with van der Waals surface area (Å²) in [7, 11) is -2.00. The van der Waals surface area contributed by atoms with Gasteiger partial charge in [0, 0.05) is 6.04 Å². The van der Waals surface area contributed by atoms with E-state index in [9.17, 15) is 13.2 Å². The Kier molecular flexibility index (Phi) is 4.71. The van der Waals surface area contributed by atoms with E-state index in [-0.39, 0.29) is 18.5 Å². The van der Waals surface area contributed by atoms with E-state index in [0.29, 0.717) is 17.4 Å². The molecule has 2 aliphatic carbocycles. The fraction of sp³-hybridized carbons (Fsp3) is 0.588. The molecule has 2 fully saturated rings. The number of hydrogen-bond donors (Lipinski definition) is 1. The average molecular weight is 352 g/mol. The van der Waals surface area contributed by atoms with Crippen LogP contribution in [0, 0.1) is 11.8 Å². The summed E-state index contributed by atoms with van der Waals surface area (Å²) in [6.07, 6.45) is 5.77. The van der Waals surface area contributed by atoms with Crippen LogP contribution in [0.5, 0.6) is 5.75 Å². The van der Waals surface area contributed by atoms with E-state index in [1.165, 1.54) is 19.3 Å². The lowest BCUT2D eigenvalue weighted by Crippen LogP contribution is -2.45. The van der Waals surface area contributed by atoms with Crippen molar-refractivity contribution in [2.24, 2.45) is 11.8 Å². The highest BCUT2D eigenvalue weighted by Gasteiger charge is 2.40. The molecule has 1 aromatic rings. The van der Waals surface area contributed by atoms with Gasteiger partial charge in [0.15, 0.2) is 0 Å². The van der Waals surface area contributed by atoms with Crippen molar-refractivity contribution in [3.05, 3.63) is 24.3 Å². The van der Waals surface area contributed by atoms with Gasteiger partial charge < -0.3 is 10.1 Å². The van der Waals surface area contributed by atoms with Gasteiger partial charge in [-0.25, -0.2) is 8.42 Å². The van der Waals surface area contributed by atoms with Gasteiger partial charge in [-0.05, 0) is 55.4 Å². The highest BCUT2D eigenvalue weighted by atomic mass is 32.2. The van der Waals surface area contributed by atoms with Gasteiger partial charge >= 0.3 is 0 Å². The maximum Gasteiger partial charge on any atom is 0.241 e. The van der Waals surface area contributed by atoms with Crippen LogP contribution in [0.2, 0.25) is 0 Å². The van der Waals surface area contributed by atoms with Crippen LogP contribution in [0.4, 0.5) is 5.69 Å². The highest BCUT2D eigenvalue weighted by molar-refractivity contribution is 7.92. The van der Waals surface area contributed by atoms with Crippen LogP contribution in [0.3, 0.4) is 0 Å². The summed E-state index contributed by atoms with van der Waals surface area (Å²) in [5.74, 6) is 1.69. The Morgan fingerprint density at radius 1 is 1.25 bits per heavy atom. The molecule has 0 spiro atoms. The standard InChI is InChI=1S/C17H24N2O4S/c1-23-15-7-5-14(6-8-15)19(24(2,21)22)11-17(20)18-16-10-12-3-4-13(16)9-12/h5-8,12-13,16H,3-4,9-11H2,1-2H3,(H,18,20)/t12-,13-,16-/m1/s1. The zero-order valence-electron chi connectivity index (χ0n) is 14.1. The molecule has 1 amide bonds. The van der Waals surface area contributed by atoms with E-state index in [1.807, 2.05) is 0 Å². The third-order valence-electron chi connectivity index (χ3n) is 5.13. The topological polar surface area (TPSA) is 75.7 Å². The zero-order valence-corrected chi connectivity index (χ0v) is 14.9. The summed E-state index contributed by atoms with van der Waals surface area (Å²) in [4.78, 5) is 12.4. The molecule has 2 aliphatic rings. The van der Waals surface area contributed by atoms with E-state index in [4.69, 9.17) is 4.74 Å². The fourth-order valence-corrected chi connectivity index (χ4v) is 4.81. The molecule has 1 N–H and O–H groups in total. The Morgan fingerprint density at radius 2 is 1.96 bits per heavy atom. The Morgan fingerprint density at radius 3 is 2.46 bits per heavy atom. The number of benzene rings is 1. The highest BCUT2D eigenvalue weighted by Crippen LogP contribution is 2.44. The largest absolute Gasteiger partial charge is 0.497 e. The number of carbonyl (C=O) groups is 1. The molecule has 0 aromatic heterocycles. The summed E-state index contributed by atoms with van der Waals surface area (Å²) in [5, 5.41) is 3.04. The fourth-order valence-electron chi connectivity index (χ4n) is 3.95. The maximum atomic E-state index is 12.4. The molecule has 3 rings (SSSR count). The van der Waals surface area contributed by atoms with Crippen molar-refractivity contribution in [2.45, 2.75) is 31.7 Å². The van der Waals surface area contributed by atoms with Gasteiger partial charge in [-0.2, -0.15) is 0 Å². The average Bonchev–Trinajstić information content (AvgIpc) is 3.14. The molecule has 0 heterocycles. The number of ether oxygens (including phenoxy) is 1. The number of sulfonamides is 1. The van der Waals surface area contributed by atoms with Crippen LogP contribution in [0.15, 0.2) is 24.3 Å². The van der Waals surface area contributed by atoms with Crippen LogP contribution >= 0.6 is 0 Å². The van der Waals surface area contributed by atoms with E-state index in [1.54, 1.807) is 31.4 Å². The number of nitrogens with zero attached hydrogens (tertiary/aromatic N) is 1. The minimum atomic E-state index is -3.54. The summed E-state index contributed by atoms with van der Waals surface area (Å²) >= 11 is 0. The molecular formula is C17H24N2O4S. The van der Waals surface area contributed by atoms with Crippen molar-refractivity contribution in [3.8, 4) is 5.75 Å². The number of fused-ring (bicyclic) bond motifs is 2. The van der Waals surface area contributed by atoms with Gasteiger partial charge in [-0.3, -0.25) is 9.10 Å². The van der Waals surface area contributed by atoms with Gasteiger partial charge in [-0.15, -0.1) is 0 Å². The molecule has 0 radical (unpaired) electrons. The van der Waals surface area contributed by atoms with Gasteiger partial charge in [0.05, 0.1) is 19.1 Å². The third-order valence-corrected chi connectivity index (χ3v) is 6.27. The van der Waals surface area contributed by atoms with E-state index < -0.39 is 10.0 Å². The molecule has 2 bridgehead atoms. The predicted molar refractivity (Wildman–Crippen MR) is 92.6 cm³/mol. The molecule has 24 heavy (non-hydrogen) atoms. The monoisotopic (exact) mass is 352 g/mol. The number of nitrogens with one attached hydrogen (secondary N) is 1. The predicted octanol–water partition coefficient (Wildman–Crippen LogP) is 1.77. The number of amides is 1. The van der Waals surface area contributed by atoms with E-state index in [2.05, 4.69) is 5.32 Å². The van der Waals surface area contributed by atoms with Crippen molar-refractivity contribution in [3.63, 3.8) is 0 Å². The molecule has 132 valence electrons. The Bertz CT molecular complexity index is 702. The summed E-state index contributed by atoms with van der Waals surface area (Å²) in [5.41, 5.74) is 0.460. The first-order valence-electron chi connectivity index (χ1n) is 8.28. The van der Waals surface area contributed by atoms with E-state index in [0.717, 1.165) is 22.9 Å². The van der Waals surface area contributed by atoms with Crippen molar-refractivity contribution in [2.75, 3.05) is 24.2 Å². The van der Waals surface area contributed by atoms with Crippen LogP contribution in [0.1, 0.15) is 25.7 Å². The molecule has 0 aliphatic heterocycles. The lowest BCUT2D eigenvalue weighted by Gasteiger charge is -2.26. The molecule has 7 heteroatoms. The van der Waals surface area contributed by atoms with Crippen molar-refractivity contribution < 1.29 is 17.9 Å². The summed E-state index contributed by atoms with van der Waals surface area (Å²) < 4.78 is 30.4. The van der Waals surface area contributed by atoms with Gasteiger partial charge in [0.25, 0.3) is 0 Å². The second-order valence-electron chi connectivity index (χ2n) is 6.82. The Hall–Kier alpha value is -1.76. The van der Waals surface area contributed by atoms with Gasteiger partial charge in [0.1, 0.15) is 12.3 Å². The van der Waals surface area contributed by atoms with Crippen molar-refractivity contribution in [1.29, 1.82) is 0 Å². The quantitative estimate of drug-likeness (QED) is 0.846. The van der Waals surface area contributed by atoms with Crippen molar-refractivity contribution in [1.82, 2.24) is 5.32 Å². The van der Waals surface area contributed by atoms with Crippen LogP contribution in [-0.2, 0) is 14.8 Å². The molecule has 2 saturated carbocycles. The van der Waals surface area contributed by atoms with Crippen LogP contribution in [-0.4, -0.2) is 40.3 Å². The number of anilines is 1. The van der Waals surface area contributed by atoms with Gasteiger partial charge in [-0.1, -0.05) is 6.42 Å². The third kappa shape index (κ3) is 3.66. The maximum absolute atomic E-state index is 12.4. The number of methoxy groups -OCH3 is 1. The molecule has 6 nitrogen and oxygen atoms in total. The summed E-state index contributed by atoms with van der Waals surface area (Å²) in [6, 6.07) is 6.85. The first-order chi connectivity index (χ1) is 11.4. The molecule has 0 unspecified atom stereocenters. The molecule has 3 atom stereocenters. The minimum Gasteiger partial charge on any atom is -0.497 e. The second kappa shape index (κ2) is 6.63. The SMILES string of the molecule is COc1ccc(N(CC(=O)N[C@@H]2C[C@@H]3CC[C@@H]2C3)S(C)(=O)=O)cc1. The van der Waals surface area contributed by atoms with Crippen LogP contribution in [0.25, 0.3) is 0 Å². The molecule has 0 saturated heterocycles. The smallest absolute Gasteiger partial charge is 0.241 e. The minimum absolute atomic E-state index is 0.195. The van der Waals surface area contributed by atoms with Crippen LogP contribution < -0.4 is 14.4 Å². The lowest BCUT2D eigenvalue weighted by molar-refractivity contribution is -0.120. The lowest BCUT2D eigenvalue weighted by atomic mass is 9.95. The molecule has 1 aromatic carbocycles. The van der Waals surface area contributed by atoms with E-state index >= 15 is 0 Å². The number of rotatable bonds is 6. The first-order valence-corrected chi connectivity index (χ1v) is 10.1. The van der Waals surface area contributed by atoms with Crippen molar-refractivity contribution >= 4 is 21.6 Å². The second-order valence-corrected chi connectivity index (χ2v) is 8.72. The number of hydrogen-bond acceptors (Lipinski definition) is 4. The Labute approximate surface area is 143 Å². The Balaban J connectivity index is 1.68. The normalized spacial score (nSPS) is 25.5. The zero-order chi connectivity index (χ0) is 17.3. The molecular weight excluding hydrogens is 328 g/mol. The number of carbonyl (C=O) groups excluding carboxylic acids is 1. The summed E-state index contributed by atoms with van der Waals surface area (Å²) in [6.45, 7) is -0.195. The first kappa shape index (κ1) is 17.1. The van der Waals surface area contributed by atoms with Gasteiger partial charge in [0.2, 0.25) is 15.9 Å².